The molecule has 0 amide bonds. The van der Waals surface area contributed by atoms with Gasteiger partial charge >= 0.3 is 5.97 Å². The highest BCUT2D eigenvalue weighted by Gasteiger charge is 2.26. The van der Waals surface area contributed by atoms with Crippen molar-refractivity contribution in [2.24, 2.45) is 0 Å². The summed E-state index contributed by atoms with van der Waals surface area (Å²) in [6, 6.07) is 0. The predicted molar refractivity (Wildman–Crippen MR) is 72.1 cm³/mol. The van der Waals surface area contributed by atoms with Gasteiger partial charge in [0, 0.05) is 4.88 Å². The molecule has 2 aromatic rings. The Bertz CT molecular complexity index is 728. The number of hydrogen-bond acceptors (Lipinski definition) is 5. The average molecular weight is 279 g/mol. The number of carbonyl (C=O) groups is 1. The van der Waals surface area contributed by atoms with Gasteiger partial charge in [0.05, 0.1) is 12.0 Å². The Balaban J connectivity index is 2.29. The SMILES string of the molecule is CCOC(=O)c1c(O)c2c3c(sc2[nH]c1=O)CCC3. The van der Waals surface area contributed by atoms with E-state index in [1.165, 1.54) is 16.2 Å². The maximum absolute atomic E-state index is 11.9. The van der Waals surface area contributed by atoms with Crippen LogP contribution in [0, 0.1) is 0 Å². The van der Waals surface area contributed by atoms with Crippen molar-refractivity contribution in [2.45, 2.75) is 26.2 Å². The molecule has 0 saturated carbocycles. The normalized spacial score (nSPS) is 13.7. The smallest absolute Gasteiger partial charge is 0.347 e. The van der Waals surface area contributed by atoms with E-state index in [1.807, 2.05) is 0 Å². The van der Waals surface area contributed by atoms with Crippen LogP contribution in [-0.2, 0) is 17.6 Å². The highest BCUT2D eigenvalue weighted by molar-refractivity contribution is 7.19. The van der Waals surface area contributed by atoms with Crippen LogP contribution in [0.4, 0.5) is 0 Å². The van der Waals surface area contributed by atoms with Crippen molar-refractivity contribution in [1.29, 1.82) is 0 Å². The standard InChI is InChI=1S/C13H13NO4S/c1-2-18-13(17)9-10(15)8-6-4-3-5-7(6)19-12(8)14-11(9)16/h2-5H2,1H3,(H2,14,15,16). The monoisotopic (exact) mass is 279 g/mol. The van der Waals surface area contributed by atoms with Gasteiger partial charge in [-0.2, -0.15) is 0 Å². The number of ether oxygens (including phenoxy) is 1. The maximum Gasteiger partial charge on any atom is 0.347 e. The summed E-state index contributed by atoms with van der Waals surface area (Å²) in [5.41, 5.74) is 0.171. The molecule has 0 bridgehead atoms. The molecule has 0 radical (unpaired) electrons. The average Bonchev–Trinajstić information content (AvgIpc) is 2.88. The van der Waals surface area contributed by atoms with E-state index < -0.39 is 11.5 Å². The molecule has 2 N–H and O–H groups in total. The Hall–Kier alpha value is -1.82. The summed E-state index contributed by atoms with van der Waals surface area (Å²) >= 11 is 1.48. The maximum atomic E-state index is 11.9. The fourth-order valence-electron chi connectivity index (χ4n) is 2.53. The summed E-state index contributed by atoms with van der Waals surface area (Å²) in [6.45, 7) is 1.82. The number of nitrogens with one attached hydrogen (secondary N) is 1. The van der Waals surface area contributed by atoms with Gasteiger partial charge in [0.15, 0.2) is 5.56 Å². The van der Waals surface area contributed by atoms with Crippen LogP contribution in [0.2, 0.25) is 0 Å². The number of aromatic amines is 1. The number of pyridine rings is 1. The summed E-state index contributed by atoms with van der Waals surface area (Å²) in [6.07, 6.45) is 2.88. The van der Waals surface area contributed by atoms with Gasteiger partial charge in [0.25, 0.3) is 5.56 Å². The second-order valence-corrected chi connectivity index (χ2v) is 5.56. The van der Waals surface area contributed by atoms with Crippen LogP contribution in [0.1, 0.15) is 34.1 Å². The second kappa shape index (κ2) is 4.38. The lowest BCUT2D eigenvalue weighted by Gasteiger charge is -2.05. The minimum atomic E-state index is -0.777. The van der Waals surface area contributed by atoms with Gasteiger partial charge in [-0.25, -0.2) is 4.79 Å². The molecule has 0 saturated heterocycles. The summed E-state index contributed by atoms with van der Waals surface area (Å²) in [7, 11) is 0. The van der Waals surface area contributed by atoms with Gasteiger partial charge in [-0.05, 0) is 31.7 Å². The molecular weight excluding hydrogens is 266 g/mol. The summed E-state index contributed by atoms with van der Waals surface area (Å²) in [5, 5.41) is 10.9. The molecule has 100 valence electrons. The molecule has 0 atom stereocenters. The Morgan fingerprint density at radius 2 is 2.26 bits per heavy atom. The lowest BCUT2D eigenvalue weighted by molar-refractivity contribution is 0.0521. The largest absolute Gasteiger partial charge is 0.506 e. The minimum Gasteiger partial charge on any atom is -0.506 e. The first-order chi connectivity index (χ1) is 9.13. The van der Waals surface area contributed by atoms with E-state index >= 15 is 0 Å². The van der Waals surface area contributed by atoms with Crippen molar-refractivity contribution in [3.8, 4) is 5.75 Å². The van der Waals surface area contributed by atoms with Gasteiger partial charge in [0.2, 0.25) is 0 Å². The van der Waals surface area contributed by atoms with Crippen molar-refractivity contribution < 1.29 is 14.6 Å². The van der Waals surface area contributed by atoms with Crippen molar-refractivity contribution in [3.63, 3.8) is 0 Å². The Morgan fingerprint density at radius 1 is 1.47 bits per heavy atom. The van der Waals surface area contributed by atoms with Gasteiger partial charge in [-0.3, -0.25) is 4.79 Å². The zero-order valence-electron chi connectivity index (χ0n) is 10.4. The van der Waals surface area contributed by atoms with Gasteiger partial charge in [-0.15, -0.1) is 11.3 Å². The number of H-pyrrole nitrogens is 1. The number of esters is 1. The molecule has 0 spiro atoms. The quantitative estimate of drug-likeness (QED) is 0.824. The number of rotatable bonds is 2. The van der Waals surface area contributed by atoms with Crippen LogP contribution in [0.3, 0.4) is 0 Å². The molecule has 0 unspecified atom stereocenters. The Labute approximate surface area is 112 Å². The second-order valence-electron chi connectivity index (χ2n) is 4.46. The van der Waals surface area contributed by atoms with E-state index in [-0.39, 0.29) is 17.9 Å². The first-order valence-corrected chi connectivity index (χ1v) is 7.01. The Morgan fingerprint density at radius 3 is 3.00 bits per heavy atom. The van der Waals surface area contributed by atoms with Crippen molar-refractivity contribution in [1.82, 2.24) is 4.98 Å². The van der Waals surface area contributed by atoms with Gasteiger partial charge in [-0.1, -0.05) is 0 Å². The molecule has 1 aliphatic rings. The van der Waals surface area contributed by atoms with Crippen LogP contribution in [0.15, 0.2) is 4.79 Å². The molecule has 6 heteroatoms. The van der Waals surface area contributed by atoms with E-state index in [2.05, 4.69) is 4.98 Å². The molecule has 1 aliphatic carbocycles. The third kappa shape index (κ3) is 1.74. The van der Waals surface area contributed by atoms with E-state index in [1.54, 1.807) is 6.92 Å². The third-order valence-electron chi connectivity index (χ3n) is 3.33. The number of carbonyl (C=O) groups excluding carboxylic acids is 1. The minimum absolute atomic E-state index is 0.164. The molecule has 0 fully saturated rings. The number of fused-ring (bicyclic) bond motifs is 3. The number of thiophene rings is 1. The number of aromatic hydroxyl groups is 1. The zero-order valence-corrected chi connectivity index (χ0v) is 11.2. The predicted octanol–water partition coefficient (Wildman–Crippen LogP) is 1.96. The highest BCUT2D eigenvalue weighted by Crippen LogP contribution is 2.40. The molecule has 2 aromatic heterocycles. The van der Waals surface area contributed by atoms with Gasteiger partial charge in [0.1, 0.15) is 10.6 Å². The molecule has 3 rings (SSSR count). The van der Waals surface area contributed by atoms with Crippen LogP contribution in [0.25, 0.3) is 10.2 Å². The van der Waals surface area contributed by atoms with E-state index in [0.29, 0.717) is 10.2 Å². The van der Waals surface area contributed by atoms with Crippen LogP contribution in [-0.4, -0.2) is 22.7 Å². The molecule has 0 aliphatic heterocycles. The highest BCUT2D eigenvalue weighted by atomic mass is 32.1. The molecule has 19 heavy (non-hydrogen) atoms. The van der Waals surface area contributed by atoms with E-state index in [9.17, 15) is 14.7 Å². The van der Waals surface area contributed by atoms with E-state index in [4.69, 9.17) is 4.74 Å². The van der Waals surface area contributed by atoms with Crippen LogP contribution < -0.4 is 5.56 Å². The summed E-state index contributed by atoms with van der Waals surface area (Å²) in [4.78, 5) is 28.1. The molecule has 2 heterocycles. The first kappa shape index (κ1) is 12.2. The van der Waals surface area contributed by atoms with Gasteiger partial charge < -0.3 is 14.8 Å². The summed E-state index contributed by atoms with van der Waals surface area (Å²) in [5.74, 6) is -1.02. The van der Waals surface area contributed by atoms with Crippen LogP contribution >= 0.6 is 11.3 Å². The summed E-state index contributed by atoms with van der Waals surface area (Å²) < 4.78 is 4.82. The first-order valence-electron chi connectivity index (χ1n) is 6.20. The van der Waals surface area contributed by atoms with Crippen molar-refractivity contribution in [2.75, 3.05) is 6.61 Å². The third-order valence-corrected chi connectivity index (χ3v) is 4.54. The molecule has 5 nitrogen and oxygen atoms in total. The fraction of sp³-hybridized carbons (Fsp3) is 0.385. The lowest BCUT2D eigenvalue weighted by atomic mass is 10.1. The van der Waals surface area contributed by atoms with Crippen molar-refractivity contribution >= 4 is 27.5 Å². The fourth-order valence-corrected chi connectivity index (χ4v) is 3.82. The number of hydrogen-bond donors (Lipinski definition) is 2. The van der Waals surface area contributed by atoms with Crippen molar-refractivity contribution in [3.05, 3.63) is 26.4 Å². The van der Waals surface area contributed by atoms with Crippen LogP contribution in [0.5, 0.6) is 5.75 Å². The van der Waals surface area contributed by atoms with E-state index in [0.717, 1.165) is 24.8 Å². The molecule has 0 aromatic carbocycles. The zero-order chi connectivity index (χ0) is 13.6. The number of aromatic nitrogens is 1. The molecular formula is C13H13NO4S. The number of aryl methyl sites for hydroxylation is 2. The topological polar surface area (TPSA) is 79.4 Å². The lowest BCUT2D eigenvalue weighted by Crippen LogP contribution is -2.19. The Kier molecular flexibility index (Phi) is 2.82.